The second-order valence-electron chi connectivity index (χ2n) is 3.89. The van der Waals surface area contributed by atoms with E-state index in [1.165, 1.54) is 0 Å². The Morgan fingerprint density at radius 3 is 2.38 bits per heavy atom. The summed E-state index contributed by atoms with van der Waals surface area (Å²) in [7, 11) is 3.62. The Kier molecular flexibility index (Phi) is 2.51. The normalized spacial score (nSPS) is 13.1. The molecule has 0 aliphatic rings. The van der Waals surface area contributed by atoms with E-state index in [4.69, 9.17) is 0 Å². The summed E-state index contributed by atoms with van der Waals surface area (Å²) in [6.07, 6.45) is 0.838. The fraction of sp³-hybridized carbons (Fsp3) is 0.500. The van der Waals surface area contributed by atoms with Crippen LogP contribution in [0.25, 0.3) is 0 Å². The van der Waals surface area contributed by atoms with E-state index >= 15 is 0 Å². The van der Waals surface area contributed by atoms with Crippen molar-refractivity contribution in [3.63, 3.8) is 0 Å². The van der Waals surface area contributed by atoms with E-state index in [1.54, 1.807) is 22.6 Å². The molecule has 0 bridgehead atoms. The van der Waals surface area contributed by atoms with Crippen LogP contribution in [0.2, 0.25) is 0 Å². The number of hydrogen-bond acceptors (Lipinski definition) is 4. The molecule has 1 unspecified atom stereocenters. The van der Waals surface area contributed by atoms with Crippen molar-refractivity contribution in [2.45, 2.75) is 20.0 Å². The third-order valence-electron chi connectivity index (χ3n) is 2.87. The zero-order chi connectivity index (χ0) is 11.9. The van der Waals surface area contributed by atoms with Gasteiger partial charge in [0.15, 0.2) is 0 Å². The first kappa shape index (κ1) is 10.8. The first-order valence-electron chi connectivity index (χ1n) is 5.05. The molecule has 86 valence electrons. The highest BCUT2D eigenvalue weighted by molar-refractivity contribution is 5.31. The lowest BCUT2D eigenvalue weighted by Crippen LogP contribution is -2.08. The van der Waals surface area contributed by atoms with E-state index in [0.29, 0.717) is 5.69 Å². The van der Waals surface area contributed by atoms with Crippen LogP contribution in [0.1, 0.15) is 28.7 Å². The minimum Gasteiger partial charge on any atom is -0.382 e. The Morgan fingerprint density at radius 1 is 1.25 bits per heavy atom. The monoisotopic (exact) mass is 221 g/mol. The predicted octanol–water partition coefficient (Wildman–Crippen LogP) is 0.247. The smallest absolute Gasteiger partial charge is 0.126 e. The van der Waals surface area contributed by atoms with Gasteiger partial charge in [0.25, 0.3) is 0 Å². The number of hydrogen-bond donors (Lipinski definition) is 1. The van der Waals surface area contributed by atoms with Gasteiger partial charge >= 0.3 is 0 Å². The number of aliphatic hydroxyl groups is 1. The molecule has 0 spiro atoms. The number of nitrogens with zero attached hydrogens (tertiary/aromatic N) is 5. The maximum atomic E-state index is 10.3. The fourth-order valence-corrected chi connectivity index (χ4v) is 1.88. The molecule has 6 nitrogen and oxygen atoms in total. The molecular formula is C10H15N5O. The first-order valence-corrected chi connectivity index (χ1v) is 5.05. The highest BCUT2D eigenvalue weighted by atomic mass is 16.3. The van der Waals surface area contributed by atoms with Gasteiger partial charge in [-0.1, -0.05) is 5.21 Å². The van der Waals surface area contributed by atoms with Crippen LogP contribution < -0.4 is 0 Å². The van der Waals surface area contributed by atoms with E-state index in [2.05, 4.69) is 15.4 Å². The van der Waals surface area contributed by atoms with Gasteiger partial charge in [-0.25, -0.2) is 4.68 Å². The van der Waals surface area contributed by atoms with Crippen molar-refractivity contribution in [2.24, 2.45) is 14.1 Å². The lowest BCUT2D eigenvalue weighted by Gasteiger charge is -2.10. The van der Waals surface area contributed by atoms with E-state index in [9.17, 15) is 5.11 Å². The van der Waals surface area contributed by atoms with Gasteiger partial charge < -0.3 is 5.11 Å². The van der Waals surface area contributed by atoms with Gasteiger partial charge in [0.05, 0.1) is 17.6 Å². The molecule has 0 amide bonds. The van der Waals surface area contributed by atoms with Crippen molar-refractivity contribution in [3.05, 3.63) is 28.8 Å². The van der Waals surface area contributed by atoms with Crippen molar-refractivity contribution in [1.29, 1.82) is 0 Å². The Bertz CT molecular complexity index is 513. The molecule has 6 heteroatoms. The maximum absolute atomic E-state index is 10.3. The highest BCUT2D eigenvalue weighted by Gasteiger charge is 2.22. The summed E-state index contributed by atoms with van der Waals surface area (Å²) >= 11 is 0. The van der Waals surface area contributed by atoms with Crippen LogP contribution in [0.3, 0.4) is 0 Å². The Labute approximate surface area is 93.5 Å². The molecule has 0 saturated heterocycles. The third kappa shape index (κ3) is 1.51. The van der Waals surface area contributed by atoms with Crippen molar-refractivity contribution in [2.75, 3.05) is 0 Å². The zero-order valence-electron chi connectivity index (χ0n) is 9.84. The van der Waals surface area contributed by atoms with Crippen molar-refractivity contribution in [3.8, 4) is 0 Å². The average molecular weight is 221 g/mol. The van der Waals surface area contributed by atoms with Crippen LogP contribution in [0, 0.1) is 13.8 Å². The largest absolute Gasteiger partial charge is 0.382 e. The third-order valence-corrected chi connectivity index (χ3v) is 2.87. The van der Waals surface area contributed by atoms with Crippen molar-refractivity contribution < 1.29 is 5.11 Å². The van der Waals surface area contributed by atoms with Gasteiger partial charge in [0.1, 0.15) is 6.10 Å². The second kappa shape index (κ2) is 3.71. The number of rotatable bonds is 2. The molecule has 2 aromatic rings. The van der Waals surface area contributed by atoms with Crippen LogP contribution in [-0.4, -0.2) is 29.9 Å². The minimum atomic E-state index is -0.728. The number of aromatic nitrogens is 5. The van der Waals surface area contributed by atoms with Crippen LogP contribution in [0.15, 0.2) is 6.20 Å². The predicted molar refractivity (Wildman–Crippen MR) is 57.7 cm³/mol. The van der Waals surface area contributed by atoms with Crippen LogP contribution >= 0.6 is 0 Å². The van der Waals surface area contributed by atoms with Gasteiger partial charge in [-0.3, -0.25) is 4.68 Å². The van der Waals surface area contributed by atoms with Crippen LogP contribution in [0.4, 0.5) is 0 Å². The molecule has 2 rings (SSSR count). The second-order valence-corrected chi connectivity index (χ2v) is 3.89. The zero-order valence-corrected chi connectivity index (χ0v) is 9.84. The van der Waals surface area contributed by atoms with Crippen molar-refractivity contribution in [1.82, 2.24) is 24.8 Å². The molecule has 0 aliphatic heterocycles. The summed E-state index contributed by atoms with van der Waals surface area (Å²) < 4.78 is 3.33. The van der Waals surface area contributed by atoms with E-state index < -0.39 is 6.10 Å². The maximum Gasteiger partial charge on any atom is 0.126 e. The molecule has 0 fully saturated rings. The molecule has 0 saturated carbocycles. The lowest BCUT2D eigenvalue weighted by molar-refractivity contribution is 0.208. The molecule has 1 N–H and O–H groups in total. The topological polar surface area (TPSA) is 68.8 Å². The Hall–Kier alpha value is -1.69. The quantitative estimate of drug-likeness (QED) is 0.789. The van der Waals surface area contributed by atoms with Gasteiger partial charge in [-0.2, -0.15) is 5.10 Å². The molecule has 16 heavy (non-hydrogen) atoms. The molecule has 2 aromatic heterocycles. The van der Waals surface area contributed by atoms with Crippen LogP contribution in [-0.2, 0) is 14.1 Å². The molecule has 1 atom stereocenters. The summed E-state index contributed by atoms with van der Waals surface area (Å²) in [5.41, 5.74) is 3.27. The summed E-state index contributed by atoms with van der Waals surface area (Å²) in [5.74, 6) is 0. The average Bonchev–Trinajstić information content (AvgIpc) is 2.73. The van der Waals surface area contributed by atoms with E-state index in [0.717, 1.165) is 17.0 Å². The summed E-state index contributed by atoms with van der Waals surface area (Å²) in [6.45, 7) is 3.82. The Morgan fingerprint density at radius 2 is 1.94 bits per heavy atom. The molecular weight excluding hydrogens is 206 g/mol. The SMILES string of the molecule is Cc1nn(C)c(C)c1C(O)c1cnnn1C. The summed E-state index contributed by atoms with van der Waals surface area (Å²) in [4.78, 5) is 0. The highest BCUT2D eigenvalue weighted by Crippen LogP contribution is 2.25. The molecule has 2 heterocycles. The first-order chi connectivity index (χ1) is 7.52. The summed E-state index contributed by atoms with van der Waals surface area (Å²) in [5, 5.41) is 22.1. The van der Waals surface area contributed by atoms with E-state index in [-0.39, 0.29) is 0 Å². The van der Waals surface area contributed by atoms with Gasteiger partial charge in [0, 0.05) is 25.4 Å². The van der Waals surface area contributed by atoms with Gasteiger partial charge in [0.2, 0.25) is 0 Å². The summed E-state index contributed by atoms with van der Waals surface area (Å²) in [6, 6.07) is 0. The Balaban J connectivity index is 2.49. The number of aliphatic hydroxyl groups excluding tert-OH is 1. The number of aryl methyl sites for hydroxylation is 3. The standard InChI is InChI=1S/C10H15N5O/c1-6-9(7(2)14(3)12-6)10(16)8-5-11-13-15(8)4/h5,10,16H,1-4H3. The van der Waals surface area contributed by atoms with Crippen LogP contribution in [0.5, 0.6) is 0 Å². The van der Waals surface area contributed by atoms with Gasteiger partial charge in [-0.05, 0) is 13.8 Å². The molecule has 0 aliphatic carbocycles. The van der Waals surface area contributed by atoms with Gasteiger partial charge in [-0.15, -0.1) is 5.10 Å². The van der Waals surface area contributed by atoms with Crippen molar-refractivity contribution >= 4 is 0 Å². The minimum absolute atomic E-state index is 0.666. The van der Waals surface area contributed by atoms with E-state index in [1.807, 2.05) is 20.9 Å². The molecule has 0 aromatic carbocycles. The lowest BCUT2D eigenvalue weighted by atomic mass is 10.1. The fourth-order valence-electron chi connectivity index (χ4n) is 1.88. The molecule has 0 radical (unpaired) electrons.